The van der Waals surface area contributed by atoms with E-state index in [9.17, 15) is 4.79 Å². The molecule has 1 aliphatic rings. The van der Waals surface area contributed by atoms with Gasteiger partial charge >= 0.3 is 5.97 Å². The van der Waals surface area contributed by atoms with Gasteiger partial charge in [-0.05, 0) is 97.1 Å². The minimum Gasteiger partial charge on any atom is -0.490 e. The number of halogens is 1. The van der Waals surface area contributed by atoms with Crippen LogP contribution in [0.3, 0.4) is 0 Å². The van der Waals surface area contributed by atoms with Crippen molar-refractivity contribution in [3.8, 4) is 22.8 Å². The van der Waals surface area contributed by atoms with Crippen LogP contribution in [0.4, 0.5) is 0 Å². The molecule has 0 amide bonds. The van der Waals surface area contributed by atoms with Gasteiger partial charge < -0.3 is 14.0 Å². The SMILES string of the molecule is CCOC(=O)c1cc2cc(-c3ncc(Br)cn3)ccc2n1-c1ccc(OC2CCCC2)cc1. The lowest BCUT2D eigenvalue weighted by Crippen LogP contribution is -2.12. The Hall–Kier alpha value is -3.19. The lowest BCUT2D eigenvalue weighted by atomic mass is 10.1. The molecule has 0 N–H and O–H groups in total. The summed E-state index contributed by atoms with van der Waals surface area (Å²) in [6.45, 7) is 2.12. The third-order valence-electron chi connectivity index (χ3n) is 5.86. The number of fused-ring (bicyclic) bond motifs is 1. The first-order chi connectivity index (χ1) is 16.1. The van der Waals surface area contributed by atoms with Crippen molar-refractivity contribution in [2.75, 3.05) is 6.61 Å². The van der Waals surface area contributed by atoms with Gasteiger partial charge in [0.15, 0.2) is 5.82 Å². The highest BCUT2D eigenvalue weighted by molar-refractivity contribution is 9.10. The van der Waals surface area contributed by atoms with Crippen LogP contribution in [0.25, 0.3) is 28.0 Å². The quantitative estimate of drug-likeness (QED) is 0.285. The Morgan fingerprint density at radius 1 is 1.06 bits per heavy atom. The zero-order valence-electron chi connectivity index (χ0n) is 18.3. The van der Waals surface area contributed by atoms with Gasteiger partial charge in [0.05, 0.1) is 22.7 Å². The lowest BCUT2D eigenvalue weighted by molar-refractivity contribution is 0.0517. The Balaban J connectivity index is 1.54. The number of hydrogen-bond donors (Lipinski definition) is 0. The molecule has 7 heteroatoms. The molecule has 0 saturated heterocycles. The first-order valence-electron chi connectivity index (χ1n) is 11.2. The molecular weight excluding hydrogens is 482 g/mol. The average molecular weight is 506 g/mol. The van der Waals surface area contributed by atoms with Gasteiger partial charge in [-0.1, -0.05) is 0 Å². The van der Waals surface area contributed by atoms with Crippen LogP contribution in [0.5, 0.6) is 5.75 Å². The third-order valence-corrected chi connectivity index (χ3v) is 6.27. The first kappa shape index (κ1) is 21.6. The van der Waals surface area contributed by atoms with Crippen molar-refractivity contribution in [3.63, 3.8) is 0 Å². The zero-order valence-corrected chi connectivity index (χ0v) is 19.9. The molecule has 33 heavy (non-hydrogen) atoms. The summed E-state index contributed by atoms with van der Waals surface area (Å²) in [5.41, 5.74) is 3.14. The molecule has 5 rings (SSSR count). The van der Waals surface area contributed by atoms with Crippen molar-refractivity contribution in [1.29, 1.82) is 0 Å². The van der Waals surface area contributed by atoms with Crippen LogP contribution in [0.15, 0.2) is 65.4 Å². The molecule has 0 bridgehead atoms. The number of aromatic nitrogens is 3. The van der Waals surface area contributed by atoms with E-state index in [1.165, 1.54) is 12.8 Å². The van der Waals surface area contributed by atoms with Gasteiger partial charge in [-0.25, -0.2) is 14.8 Å². The van der Waals surface area contributed by atoms with Crippen molar-refractivity contribution >= 4 is 32.8 Å². The van der Waals surface area contributed by atoms with Gasteiger partial charge in [-0.3, -0.25) is 0 Å². The highest BCUT2D eigenvalue weighted by Gasteiger charge is 2.20. The van der Waals surface area contributed by atoms with Crippen molar-refractivity contribution < 1.29 is 14.3 Å². The maximum Gasteiger partial charge on any atom is 0.355 e. The molecule has 1 fully saturated rings. The van der Waals surface area contributed by atoms with Gasteiger partial charge in [-0.2, -0.15) is 0 Å². The van der Waals surface area contributed by atoms with E-state index < -0.39 is 0 Å². The van der Waals surface area contributed by atoms with Crippen LogP contribution in [0, 0.1) is 0 Å². The second kappa shape index (κ2) is 9.35. The Morgan fingerprint density at radius 2 is 1.79 bits per heavy atom. The number of nitrogens with zero attached hydrogens (tertiary/aromatic N) is 3. The number of rotatable bonds is 6. The number of benzene rings is 2. The molecule has 0 atom stereocenters. The summed E-state index contributed by atoms with van der Waals surface area (Å²) in [4.78, 5) is 21.6. The van der Waals surface area contributed by atoms with Crippen molar-refractivity contribution in [2.24, 2.45) is 0 Å². The topological polar surface area (TPSA) is 66.2 Å². The summed E-state index contributed by atoms with van der Waals surface area (Å²) in [5, 5.41) is 0.911. The molecule has 2 heterocycles. The van der Waals surface area contributed by atoms with Gasteiger partial charge in [0.1, 0.15) is 11.4 Å². The van der Waals surface area contributed by atoms with Crippen LogP contribution in [-0.4, -0.2) is 33.2 Å². The minimum atomic E-state index is -0.360. The van der Waals surface area contributed by atoms with E-state index in [0.717, 1.165) is 45.2 Å². The molecule has 1 saturated carbocycles. The maximum absolute atomic E-state index is 12.8. The lowest BCUT2D eigenvalue weighted by Gasteiger charge is -2.15. The summed E-state index contributed by atoms with van der Waals surface area (Å²) in [5.74, 6) is 1.12. The number of hydrogen-bond acceptors (Lipinski definition) is 5. The number of carbonyl (C=O) groups is 1. The predicted molar refractivity (Wildman–Crippen MR) is 131 cm³/mol. The number of esters is 1. The van der Waals surface area contributed by atoms with Gasteiger partial charge in [0, 0.05) is 29.0 Å². The summed E-state index contributed by atoms with van der Waals surface area (Å²) < 4.78 is 14.2. The molecule has 0 unspecified atom stereocenters. The van der Waals surface area contributed by atoms with E-state index in [2.05, 4.69) is 25.9 Å². The number of ether oxygens (including phenoxy) is 2. The molecule has 0 spiro atoms. The second-order valence-corrected chi connectivity index (χ2v) is 9.02. The van der Waals surface area contributed by atoms with Crippen molar-refractivity contribution in [2.45, 2.75) is 38.7 Å². The van der Waals surface area contributed by atoms with Crippen LogP contribution >= 0.6 is 15.9 Å². The van der Waals surface area contributed by atoms with Gasteiger partial charge in [0.2, 0.25) is 0 Å². The fraction of sp³-hybridized carbons (Fsp3) is 0.269. The largest absolute Gasteiger partial charge is 0.490 e. The Kier molecular flexibility index (Phi) is 6.13. The molecule has 0 aliphatic heterocycles. The molecule has 2 aromatic heterocycles. The fourth-order valence-electron chi connectivity index (χ4n) is 4.32. The average Bonchev–Trinajstić information content (AvgIpc) is 3.48. The molecule has 4 aromatic rings. The summed E-state index contributed by atoms with van der Waals surface area (Å²) in [7, 11) is 0. The van der Waals surface area contributed by atoms with Crippen molar-refractivity contribution in [1.82, 2.24) is 14.5 Å². The van der Waals surface area contributed by atoms with E-state index >= 15 is 0 Å². The van der Waals surface area contributed by atoms with Crippen LogP contribution < -0.4 is 4.74 Å². The van der Waals surface area contributed by atoms with Crippen LogP contribution in [0.1, 0.15) is 43.1 Å². The zero-order chi connectivity index (χ0) is 22.8. The molecule has 0 radical (unpaired) electrons. The Bertz CT molecular complexity index is 1280. The predicted octanol–water partition coefficient (Wildman–Crippen LogP) is 6.35. The summed E-state index contributed by atoms with van der Waals surface area (Å²) in [6.07, 6.45) is 8.43. The summed E-state index contributed by atoms with van der Waals surface area (Å²) in [6, 6.07) is 15.7. The summed E-state index contributed by atoms with van der Waals surface area (Å²) >= 11 is 3.37. The van der Waals surface area contributed by atoms with Crippen LogP contribution in [-0.2, 0) is 4.74 Å². The van der Waals surface area contributed by atoms with E-state index in [0.29, 0.717) is 24.2 Å². The number of carbonyl (C=O) groups excluding carboxylic acids is 1. The highest BCUT2D eigenvalue weighted by atomic mass is 79.9. The Morgan fingerprint density at radius 3 is 2.48 bits per heavy atom. The second-order valence-electron chi connectivity index (χ2n) is 8.10. The van der Waals surface area contributed by atoms with E-state index in [1.807, 2.05) is 60.0 Å². The Labute approximate surface area is 200 Å². The molecule has 168 valence electrons. The highest BCUT2D eigenvalue weighted by Crippen LogP contribution is 2.30. The minimum absolute atomic E-state index is 0.303. The third kappa shape index (κ3) is 4.50. The molecule has 2 aromatic carbocycles. The molecular formula is C26H24BrN3O3. The van der Waals surface area contributed by atoms with Gasteiger partial charge in [-0.15, -0.1) is 0 Å². The normalized spacial score (nSPS) is 14.0. The van der Waals surface area contributed by atoms with Crippen molar-refractivity contribution in [3.05, 3.63) is 71.1 Å². The monoisotopic (exact) mass is 505 g/mol. The van der Waals surface area contributed by atoms with Gasteiger partial charge in [0.25, 0.3) is 0 Å². The standard InChI is InChI=1S/C26H24BrN3O3/c1-2-32-26(31)24-14-18-13-17(25-28-15-19(27)16-29-25)7-12-23(18)30(24)20-8-10-22(11-9-20)33-21-5-3-4-6-21/h7-16,21H,2-6H2,1H3. The fourth-order valence-corrected chi connectivity index (χ4v) is 4.53. The smallest absolute Gasteiger partial charge is 0.355 e. The van der Waals surface area contributed by atoms with E-state index in [-0.39, 0.29) is 5.97 Å². The van der Waals surface area contributed by atoms with Crippen LogP contribution in [0.2, 0.25) is 0 Å². The molecule has 6 nitrogen and oxygen atoms in total. The first-order valence-corrected chi connectivity index (χ1v) is 12.0. The molecule has 1 aliphatic carbocycles. The maximum atomic E-state index is 12.8. The van der Waals surface area contributed by atoms with E-state index in [4.69, 9.17) is 9.47 Å². The van der Waals surface area contributed by atoms with E-state index in [1.54, 1.807) is 12.4 Å².